The molecular weight excluding hydrogens is 345 g/mol. The lowest BCUT2D eigenvalue weighted by atomic mass is 10.2. The smallest absolute Gasteiger partial charge is 0.261 e. The van der Waals surface area contributed by atoms with Crippen LogP contribution in [0.15, 0.2) is 42.5 Å². The second-order valence-corrected chi connectivity index (χ2v) is 5.96. The molecule has 0 bridgehead atoms. The van der Waals surface area contributed by atoms with Gasteiger partial charge in [-0.15, -0.1) is 0 Å². The van der Waals surface area contributed by atoms with E-state index in [0.29, 0.717) is 27.4 Å². The Morgan fingerprint density at radius 1 is 1.09 bits per heavy atom. The second kappa shape index (κ2) is 7.73. The molecule has 0 saturated carbocycles. The zero-order chi connectivity index (χ0) is 16.1. The van der Waals surface area contributed by atoms with Crippen molar-refractivity contribution >= 4 is 40.7 Å². The molecule has 0 saturated heterocycles. The van der Waals surface area contributed by atoms with Crippen molar-refractivity contribution in [1.82, 2.24) is 5.32 Å². The van der Waals surface area contributed by atoms with Gasteiger partial charge in [-0.05, 0) is 42.8 Å². The largest absolute Gasteiger partial charge is 0.479 e. The van der Waals surface area contributed by atoms with Crippen LogP contribution >= 0.6 is 34.8 Å². The molecule has 0 fully saturated rings. The number of rotatable bonds is 5. The Bertz CT molecular complexity index is 659. The number of halogens is 3. The van der Waals surface area contributed by atoms with Gasteiger partial charge < -0.3 is 10.1 Å². The van der Waals surface area contributed by atoms with Gasteiger partial charge in [0, 0.05) is 16.6 Å². The molecular formula is C16H14Cl3NO2. The van der Waals surface area contributed by atoms with Crippen LogP contribution in [0, 0.1) is 0 Å². The van der Waals surface area contributed by atoms with E-state index in [1.807, 2.05) is 12.1 Å². The number of hydrogen-bond acceptors (Lipinski definition) is 2. The fourth-order valence-electron chi connectivity index (χ4n) is 1.75. The highest BCUT2D eigenvalue weighted by molar-refractivity contribution is 6.35. The molecule has 0 aliphatic heterocycles. The zero-order valence-electron chi connectivity index (χ0n) is 11.8. The SMILES string of the molecule is CC(Oc1ccc(Cl)cc1Cl)C(=O)NCc1ccc(Cl)cc1. The highest BCUT2D eigenvalue weighted by Gasteiger charge is 2.15. The van der Waals surface area contributed by atoms with Gasteiger partial charge in [-0.25, -0.2) is 0 Å². The van der Waals surface area contributed by atoms with E-state index in [-0.39, 0.29) is 5.91 Å². The number of carbonyl (C=O) groups is 1. The highest BCUT2D eigenvalue weighted by Crippen LogP contribution is 2.28. The van der Waals surface area contributed by atoms with Gasteiger partial charge >= 0.3 is 0 Å². The lowest BCUT2D eigenvalue weighted by Gasteiger charge is -2.15. The molecule has 1 N–H and O–H groups in total. The quantitative estimate of drug-likeness (QED) is 0.839. The molecule has 1 atom stereocenters. The lowest BCUT2D eigenvalue weighted by molar-refractivity contribution is -0.127. The van der Waals surface area contributed by atoms with Gasteiger partial charge in [-0.1, -0.05) is 46.9 Å². The third kappa shape index (κ3) is 4.80. The van der Waals surface area contributed by atoms with Gasteiger partial charge in [-0.2, -0.15) is 0 Å². The van der Waals surface area contributed by atoms with E-state index < -0.39 is 6.10 Å². The summed E-state index contributed by atoms with van der Waals surface area (Å²) in [7, 11) is 0. The predicted molar refractivity (Wildman–Crippen MR) is 89.9 cm³/mol. The number of carbonyl (C=O) groups excluding carboxylic acids is 1. The van der Waals surface area contributed by atoms with Gasteiger partial charge in [0.25, 0.3) is 5.91 Å². The van der Waals surface area contributed by atoms with Crippen molar-refractivity contribution in [3.63, 3.8) is 0 Å². The molecule has 1 unspecified atom stereocenters. The highest BCUT2D eigenvalue weighted by atomic mass is 35.5. The van der Waals surface area contributed by atoms with Crippen molar-refractivity contribution in [2.45, 2.75) is 19.6 Å². The van der Waals surface area contributed by atoms with Crippen molar-refractivity contribution in [1.29, 1.82) is 0 Å². The van der Waals surface area contributed by atoms with Crippen LogP contribution in [0.25, 0.3) is 0 Å². The number of benzene rings is 2. The first-order valence-corrected chi connectivity index (χ1v) is 7.73. The first-order valence-electron chi connectivity index (χ1n) is 6.59. The van der Waals surface area contributed by atoms with Crippen molar-refractivity contribution < 1.29 is 9.53 Å². The van der Waals surface area contributed by atoms with E-state index in [2.05, 4.69) is 5.32 Å². The Balaban J connectivity index is 1.90. The summed E-state index contributed by atoms with van der Waals surface area (Å²) in [6.07, 6.45) is -0.675. The number of hydrogen-bond donors (Lipinski definition) is 1. The zero-order valence-corrected chi connectivity index (χ0v) is 14.0. The molecule has 0 aliphatic carbocycles. The molecule has 3 nitrogen and oxygen atoms in total. The second-order valence-electron chi connectivity index (χ2n) is 4.68. The van der Waals surface area contributed by atoms with Crippen LogP contribution < -0.4 is 10.1 Å². The lowest BCUT2D eigenvalue weighted by Crippen LogP contribution is -2.35. The molecule has 2 rings (SSSR count). The maximum atomic E-state index is 12.0. The maximum absolute atomic E-state index is 12.0. The molecule has 6 heteroatoms. The summed E-state index contributed by atoms with van der Waals surface area (Å²) in [6, 6.07) is 12.1. The van der Waals surface area contributed by atoms with E-state index in [0.717, 1.165) is 5.56 Å². The third-order valence-corrected chi connectivity index (χ3v) is 3.73. The number of nitrogens with one attached hydrogen (secondary N) is 1. The molecule has 1 amide bonds. The molecule has 2 aromatic carbocycles. The minimum absolute atomic E-state index is 0.235. The van der Waals surface area contributed by atoms with Crippen LogP contribution in [0.2, 0.25) is 15.1 Å². The first kappa shape index (κ1) is 16.9. The number of amides is 1. The van der Waals surface area contributed by atoms with Crippen molar-refractivity contribution in [2.75, 3.05) is 0 Å². The fourth-order valence-corrected chi connectivity index (χ4v) is 2.33. The Hall–Kier alpha value is -1.42. The van der Waals surface area contributed by atoms with E-state index in [9.17, 15) is 4.79 Å². The van der Waals surface area contributed by atoms with Crippen molar-refractivity contribution in [2.24, 2.45) is 0 Å². The van der Waals surface area contributed by atoms with E-state index in [4.69, 9.17) is 39.5 Å². The van der Waals surface area contributed by atoms with Crippen LogP contribution in [0.4, 0.5) is 0 Å². The van der Waals surface area contributed by atoms with Gasteiger partial charge in [0.1, 0.15) is 5.75 Å². The molecule has 0 spiro atoms. The van der Waals surface area contributed by atoms with Crippen molar-refractivity contribution in [3.05, 3.63) is 63.1 Å². The normalized spacial score (nSPS) is 11.8. The Morgan fingerprint density at radius 3 is 2.36 bits per heavy atom. The fraction of sp³-hybridized carbons (Fsp3) is 0.188. The van der Waals surface area contributed by atoms with Gasteiger partial charge in [0.15, 0.2) is 6.10 Å². The maximum Gasteiger partial charge on any atom is 0.261 e. The Labute approximate surface area is 144 Å². The van der Waals surface area contributed by atoms with Crippen LogP contribution in [0.5, 0.6) is 5.75 Å². The average Bonchev–Trinajstić information content (AvgIpc) is 2.49. The van der Waals surface area contributed by atoms with Crippen LogP contribution in [0.1, 0.15) is 12.5 Å². The van der Waals surface area contributed by atoms with Gasteiger partial charge in [0.05, 0.1) is 5.02 Å². The predicted octanol–water partition coefficient (Wildman–Crippen LogP) is 4.73. The van der Waals surface area contributed by atoms with Gasteiger partial charge in [-0.3, -0.25) is 4.79 Å². The van der Waals surface area contributed by atoms with Crippen LogP contribution in [-0.4, -0.2) is 12.0 Å². The molecule has 22 heavy (non-hydrogen) atoms. The monoisotopic (exact) mass is 357 g/mol. The summed E-state index contributed by atoms with van der Waals surface area (Å²) in [4.78, 5) is 12.0. The molecule has 0 aromatic heterocycles. The third-order valence-electron chi connectivity index (χ3n) is 2.95. The number of ether oxygens (including phenoxy) is 1. The van der Waals surface area contributed by atoms with E-state index >= 15 is 0 Å². The Kier molecular flexibility index (Phi) is 5.95. The molecule has 2 aromatic rings. The minimum atomic E-state index is -0.675. The van der Waals surface area contributed by atoms with Crippen LogP contribution in [-0.2, 0) is 11.3 Å². The summed E-state index contributed by atoms with van der Waals surface area (Å²) < 4.78 is 5.55. The summed E-state index contributed by atoms with van der Waals surface area (Å²) >= 11 is 17.6. The molecule has 0 aliphatic rings. The van der Waals surface area contributed by atoms with E-state index in [1.54, 1.807) is 37.3 Å². The van der Waals surface area contributed by atoms with E-state index in [1.165, 1.54) is 0 Å². The topological polar surface area (TPSA) is 38.3 Å². The molecule has 0 radical (unpaired) electrons. The average molecular weight is 359 g/mol. The standard InChI is InChI=1S/C16H14Cl3NO2/c1-10(22-15-7-6-13(18)8-14(15)19)16(21)20-9-11-2-4-12(17)5-3-11/h2-8,10H,9H2,1H3,(H,20,21). The summed E-state index contributed by atoms with van der Waals surface area (Å²) in [5, 5.41) is 4.33. The van der Waals surface area contributed by atoms with Crippen molar-refractivity contribution in [3.8, 4) is 5.75 Å². The van der Waals surface area contributed by atoms with Crippen LogP contribution in [0.3, 0.4) is 0 Å². The minimum Gasteiger partial charge on any atom is -0.479 e. The molecule has 116 valence electrons. The Morgan fingerprint density at radius 2 is 1.73 bits per heavy atom. The summed E-state index contributed by atoms with van der Waals surface area (Å²) in [6.45, 7) is 2.06. The summed E-state index contributed by atoms with van der Waals surface area (Å²) in [5.41, 5.74) is 0.953. The molecule has 0 heterocycles. The summed E-state index contributed by atoms with van der Waals surface area (Å²) in [5.74, 6) is 0.182. The van der Waals surface area contributed by atoms with Gasteiger partial charge in [0.2, 0.25) is 0 Å². The first-order chi connectivity index (χ1) is 10.5.